The molecule has 0 aliphatic heterocycles. The van der Waals surface area contributed by atoms with E-state index in [1.54, 1.807) is 12.7 Å². The first-order valence-electron chi connectivity index (χ1n) is 8.52. The number of benzene rings is 2. The molecule has 5 heteroatoms. The highest BCUT2D eigenvalue weighted by atomic mass is 15.2. The largest absolute Gasteiger partial charge is 0.373 e. The standard InChI is InChI=1S/C21H19N5/c1-2-8-18(9-3-1)21(20-11-4-5-12-22-20)25-19-10-6-7-17(13-19)14-26-15-23-24-16-26/h1-13,15-16,21,25H,14H2. The Balaban J connectivity index is 1.62. The van der Waals surface area contributed by atoms with Crippen molar-refractivity contribution in [2.24, 2.45) is 0 Å². The van der Waals surface area contributed by atoms with E-state index < -0.39 is 0 Å². The number of rotatable bonds is 6. The summed E-state index contributed by atoms with van der Waals surface area (Å²) in [5.74, 6) is 0. The summed E-state index contributed by atoms with van der Waals surface area (Å²) in [6.07, 6.45) is 5.27. The molecule has 128 valence electrons. The first-order chi connectivity index (χ1) is 12.9. The van der Waals surface area contributed by atoms with Crippen LogP contribution in [0.1, 0.15) is 22.9 Å². The Morgan fingerprint density at radius 3 is 2.42 bits per heavy atom. The Labute approximate surface area is 152 Å². The number of anilines is 1. The average molecular weight is 341 g/mol. The summed E-state index contributed by atoms with van der Waals surface area (Å²) in [6.45, 7) is 0.738. The van der Waals surface area contributed by atoms with E-state index in [1.807, 2.05) is 35.0 Å². The lowest BCUT2D eigenvalue weighted by Gasteiger charge is -2.20. The van der Waals surface area contributed by atoms with Gasteiger partial charge in [0.25, 0.3) is 0 Å². The zero-order valence-electron chi connectivity index (χ0n) is 14.2. The van der Waals surface area contributed by atoms with Crippen LogP contribution in [0.3, 0.4) is 0 Å². The van der Waals surface area contributed by atoms with Crippen LogP contribution < -0.4 is 5.32 Å². The third kappa shape index (κ3) is 3.78. The predicted molar refractivity (Wildman–Crippen MR) is 102 cm³/mol. The minimum atomic E-state index is -0.0115. The van der Waals surface area contributed by atoms with Gasteiger partial charge >= 0.3 is 0 Å². The first kappa shape index (κ1) is 16.0. The van der Waals surface area contributed by atoms with Crippen molar-refractivity contribution in [3.63, 3.8) is 0 Å². The van der Waals surface area contributed by atoms with E-state index in [0.717, 1.165) is 17.9 Å². The smallest absolute Gasteiger partial charge is 0.119 e. The molecule has 1 unspecified atom stereocenters. The van der Waals surface area contributed by atoms with Crippen molar-refractivity contribution >= 4 is 5.69 Å². The topological polar surface area (TPSA) is 55.6 Å². The fraction of sp³-hybridized carbons (Fsp3) is 0.0952. The molecular formula is C21H19N5. The van der Waals surface area contributed by atoms with Crippen molar-refractivity contribution in [1.82, 2.24) is 19.7 Å². The van der Waals surface area contributed by atoms with Gasteiger partial charge in [0.15, 0.2) is 0 Å². The normalized spacial score (nSPS) is 11.8. The van der Waals surface area contributed by atoms with Crippen molar-refractivity contribution in [2.75, 3.05) is 5.32 Å². The number of hydrogen-bond donors (Lipinski definition) is 1. The monoisotopic (exact) mass is 341 g/mol. The summed E-state index contributed by atoms with van der Waals surface area (Å²) in [5, 5.41) is 11.3. The van der Waals surface area contributed by atoms with Gasteiger partial charge in [0.1, 0.15) is 12.7 Å². The molecule has 0 amide bonds. The van der Waals surface area contributed by atoms with Gasteiger partial charge in [-0.25, -0.2) is 0 Å². The van der Waals surface area contributed by atoms with Gasteiger partial charge in [0.05, 0.1) is 18.3 Å². The number of nitrogens with zero attached hydrogens (tertiary/aromatic N) is 4. The molecule has 2 heterocycles. The maximum absolute atomic E-state index is 4.55. The van der Waals surface area contributed by atoms with Crippen molar-refractivity contribution in [2.45, 2.75) is 12.6 Å². The van der Waals surface area contributed by atoms with E-state index in [-0.39, 0.29) is 6.04 Å². The third-order valence-electron chi connectivity index (χ3n) is 4.19. The van der Waals surface area contributed by atoms with E-state index in [4.69, 9.17) is 0 Å². The molecule has 2 aromatic carbocycles. The van der Waals surface area contributed by atoms with E-state index >= 15 is 0 Å². The average Bonchev–Trinajstić information content (AvgIpc) is 3.21. The van der Waals surface area contributed by atoms with E-state index in [9.17, 15) is 0 Å². The number of hydrogen-bond acceptors (Lipinski definition) is 4. The number of pyridine rings is 1. The van der Waals surface area contributed by atoms with Gasteiger partial charge in [-0.15, -0.1) is 10.2 Å². The van der Waals surface area contributed by atoms with E-state index in [1.165, 1.54) is 11.1 Å². The van der Waals surface area contributed by atoms with Crippen LogP contribution in [0.5, 0.6) is 0 Å². The summed E-state index contributed by atoms with van der Waals surface area (Å²) in [4.78, 5) is 4.55. The van der Waals surface area contributed by atoms with Crippen LogP contribution in [0, 0.1) is 0 Å². The van der Waals surface area contributed by atoms with Gasteiger partial charge < -0.3 is 9.88 Å². The Kier molecular flexibility index (Phi) is 4.69. The fourth-order valence-corrected chi connectivity index (χ4v) is 2.96. The minimum absolute atomic E-state index is 0.0115. The van der Waals surface area contributed by atoms with Gasteiger partial charge in [-0.2, -0.15) is 0 Å². The fourth-order valence-electron chi connectivity index (χ4n) is 2.96. The lowest BCUT2D eigenvalue weighted by Crippen LogP contribution is -2.14. The molecule has 1 N–H and O–H groups in total. The lowest BCUT2D eigenvalue weighted by atomic mass is 10.0. The van der Waals surface area contributed by atoms with Crippen molar-refractivity contribution in [3.8, 4) is 0 Å². The molecule has 1 atom stereocenters. The Bertz CT molecular complexity index is 897. The lowest BCUT2D eigenvalue weighted by molar-refractivity contribution is 0.793. The van der Waals surface area contributed by atoms with Gasteiger partial charge in [0, 0.05) is 11.9 Å². The van der Waals surface area contributed by atoms with Crippen LogP contribution in [-0.2, 0) is 6.54 Å². The molecule has 0 fully saturated rings. The maximum Gasteiger partial charge on any atom is 0.119 e. The molecule has 0 bridgehead atoms. The van der Waals surface area contributed by atoms with Gasteiger partial charge in [0.2, 0.25) is 0 Å². The van der Waals surface area contributed by atoms with Crippen LogP contribution in [0.15, 0.2) is 91.6 Å². The molecule has 26 heavy (non-hydrogen) atoms. The molecule has 0 saturated heterocycles. The van der Waals surface area contributed by atoms with Crippen molar-refractivity contribution in [1.29, 1.82) is 0 Å². The summed E-state index contributed by atoms with van der Waals surface area (Å²) in [7, 11) is 0. The molecular weight excluding hydrogens is 322 g/mol. The minimum Gasteiger partial charge on any atom is -0.373 e. The zero-order valence-corrected chi connectivity index (χ0v) is 14.2. The SMILES string of the molecule is c1ccc(C(Nc2cccc(Cn3cnnc3)c2)c2ccccn2)cc1. The van der Waals surface area contributed by atoms with Crippen LogP contribution in [-0.4, -0.2) is 19.7 Å². The van der Waals surface area contributed by atoms with Crippen LogP contribution in [0.4, 0.5) is 5.69 Å². The molecule has 4 rings (SSSR count). The van der Waals surface area contributed by atoms with E-state index in [0.29, 0.717) is 0 Å². The molecule has 0 spiro atoms. The van der Waals surface area contributed by atoms with Gasteiger partial charge in [-0.05, 0) is 35.4 Å². The van der Waals surface area contributed by atoms with Gasteiger partial charge in [-0.3, -0.25) is 4.98 Å². The first-order valence-corrected chi connectivity index (χ1v) is 8.52. The molecule has 0 saturated carbocycles. The quantitative estimate of drug-likeness (QED) is 0.577. The second kappa shape index (κ2) is 7.61. The second-order valence-corrected chi connectivity index (χ2v) is 6.08. The second-order valence-electron chi connectivity index (χ2n) is 6.08. The van der Waals surface area contributed by atoms with Crippen LogP contribution in [0.25, 0.3) is 0 Å². The van der Waals surface area contributed by atoms with Crippen molar-refractivity contribution < 1.29 is 0 Å². The molecule has 5 nitrogen and oxygen atoms in total. The molecule has 0 radical (unpaired) electrons. The highest BCUT2D eigenvalue weighted by Gasteiger charge is 2.15. The Hall–Kier alpha value is -3.47. The third-order valence-corrected chi connectivity index (χ3v) is 4.19. The van der Waals surface area contributed by atoms with E-state index in [2.05, 4.69) is 69.0 Å². The summed E-state index contributed by atoms with van der Waals surface area (Å²) >= 11 is 0. The summed E-state index contributed by atoms with van der Waals surface area (Å²) < 4.78 is 1.95. The molecule has 0 aliphatic carbocycles. The van der Waals surface area contributed by atoms with Crippen molar-refractivity contribution in [3.05, 3.63) is 108 Å². The highest BCUT2D eigenvalue weighted by Crippen LogP contribution is 2.25. The maximum atomic E-state index is 4.55. The summed E-state index contributed by atoms with van der Waals surface area (Å²) in [6, 6.07) is 24.7. The van der Waals surface area contributed by atoms with Crippen LogP contribution in [0.2, 0.25) is 0 Å². The molecule has 0 aliphatic rings. The molecule has 2 aromatic heterocycles. The summed E-state index contributed by atoms with van der Waals surface area (Å²) in [5.41, 5.74) is 4.40. The zero-order chi connectivity index (χ0) is 17.6. The predicted octanol–water partition coefficient (Wildman–Crippen LogP) is 3.92. The number of aromatic nitrogens is 4. The molecule has 4 aromatic rings. The Morgan fingerprint density at radius 2 is 1.65 bits per heavy atom. The Morgan fingerprint density at radius 1 is 0.846 bits per heavy atom. The number of nitrogens with one attached hydrogen (secondary N) is 1. The van der Waals surface area contributed by atoms with Gasteiger partial charge in [-0.1, -0.05) is 48.5 Å². The van der Waals surface area contributed by atoms with Crippen LogP contribution >= 0.6 is 0 Å². The highest BCUT2D eigenvalue weighted by molar-refractivity contribution is 5.50.